The Morgan fingerprint density at radius 3 is 2.57 bits per heavy atom. The summed E-state index contributed by atoms with van der Waals surface area (Å²) >= 11 is 0. The zero-order valence-electron chi connectivity index (χ0n) is 13.1. The number of ether oxygens (including phenoxy) is 1. The van der Waals surface area contributed by atoms with Crippen LogP contribution in [0.5, 0.6) is 0 Å². The van der Waals surface area contributed by atoms with Crippen LogP contribution in [0.4, 0.5) is 17.3 Å². The second-order valence-electron chi connectivity index (χ2n) is 6.24. The van der Waals surface area contributed by atoms with E-state index >= 15 is 0 Å². The van der Waals surface area contributed by atoms with E-state index in [2.05, 4.69) is 46.3 Å². The van der Waals surface area contributed by atoms with Crippen LogP contribution in [0.2, 0.25) is 0 Å². The maximum atomic E-state index is 6.13. The number of nitrogens with zero attached hydrogens (tertiary/aromatic N) is 3. The number of aromatic nitrogens is 2. The standard InChI is InChI=1S/C14H26N6O/c1-14(2,3)19-13-11(15)12(17-10-18-13)16-4-5-20-6-8-21-9-7-20/h10H,4-9,15H2,1-3H3,(H2,16,17,18,19). The summed E-state index contributed by atoms with van der Waals surface area (Å²) in [6.45, 7) is 11.6. The second-order valence-corrected chi connectivity index (χ2v) is 6.24. The molecular formula is C14H26N6O. The Bertz CT molecular complexity index is 453. The first kappa shape index (κ1) is 15.8. The molecule has 1 fully saturated rings. The predicted molar refractivity (Wildman–Crippen MR) is 85.6 cm³/mol. The maximum absolute atomic E-state index is 6.13. The summed E-state index contributed by atoms with van der Waals surface area (Å²) in [4.78, 5) is 10.8. The van der Waals surface area contributed by atoms with Crippen molar-refractivity contribution < 1.29 is 4.74 Å². The minimum Gasteiger partial charge on any atom is -0.393 e. The zero-order chi connectivity index (χ0) is 15.3. The Kier molecular flexibility index (Phi) is 5.19. The number of hydrogen-bond donors (Lipinski definition) is 3. The molecule has 0 unspecified atom stereocenters. The monoisotopic (exact) mass is 294 g/mol. The van der Waals surface area contributed by atoms with Gasteiger partial charge < -0.3 is 21.1 Å². The summed E-state index contributed by atoms with van der Waals surface area (Å²) in [5, 5.41) is 6.57. The lowest BCUT2D eigenvalue weighted by Crippen LogP contribution is -2.39. The molecule has 1 aliphatic heterocycles. The molecule has 1 saturated heterocycles. The topological polar surface area (TPSA) is 88.3 Å². The molecule has 0 spiro atoms. The Hall–Kier alpha value is -1.60. The molecule has 1 aliphatic rings. The molecule has 4 N–H and O–H groups in total. The van der Waals surface area contributed by atoms with Crippen LogP contribution in [0.3, 0.4) is 0 Å². The third-order valence-electron chi connectivity index (χ3n) is 3.20. The molecule has 0 aliphatic carbocycles. The molecule has 21 heavy (non-hydrogen) atoms. The lowest BCUT2D eigenvalue weighted by Gasteiger charge is -2.26. The second kappa shape index (κ2) is 6.91. The van der Waals surface area contributed by atoms with Crippen LogP contribution in [0.15, 0.2) is 6.33 Å². The molecule has 118 valence electrons. The minimum atomic E-state index is -0.0897. The highest BCUT2D eigenvalue weighted by Crippen LogP contribution is 2.24. The van der Waals surface area contributed by atoms with E-state index in [4.69, 9.17) is 10.5 Å². The Morgan fingerprint density at radius 1 is 1.24 bits per heavy atom. The lowest BCUT2D eigenvalue weighted by atomic mass is 10.1. The van der Waals surface area contributed by atoms with E-state index in [9.17, 15) is 0 Å². The van der Waals surface area contributed by atoms with Crippen molar-refractivity contribution >= 4 is 17.3 Å². The van der Waals surface area contributed by atoms with Gasteiger partial charge in [-0.25, -0.2) is 9.97 Å². The van der Waals surface area contributed by atoms with Crippen LogP contribution in [-0.2, 0) is 4.74 Å². The number of nitrogen functional groups attached to an aromatic ring is 1. The molecule has 2 rings (SSSR count). The number of nitrogens with two attached hydrogens (primary N) is 1. The van der Waals surface area contributed by atoms with Crippen LogP contribution < -0.4 is 16.4 Å². The summed E-state index contributed by atoms with van der Waals surface area (Å²) in [7, 11) is 0. The molecule has 7 heteroatoms. The number of rotatable bonds is 5. The molecule has 0 saturated carbocycles. The van der Waals surface area contributed by atoms with Crippen molar-refractivity contribution in [3.05, 3.63) is 6.33 Å². The molecule has 7 nitrogen and oxygen atoms in total. The predicted octanol–water partition coefficient (Wildman–Crippen LogP) is 1.01. The van der Waals surface area contributed by atoms with E-state index in [-0.39, 0.29) is 5.54 Å². The summed E-state index contributed by atoms with van der Waals surface area (Å²) in [5.41, 5.74) is 6.60. The fraction of sp³-hybridized carbons (Fsp3) is 0.714. The molecular weight excluding hydrogens is 268 g/mol. The summed E-state index contributed by atoms with van der Waals surface area (Å²) < 4.78 is 5.33. The average molecular weight is 294 g/mol. The normalized spacial score (nSPS) is 16.7. The van der Waals surface area contributed by atoms with Gasteiger partial charge in [0, 0.05) is 31.7 Å². The van der Waals surface area contributed by atoms with Crippen molar-refractivity contribution in [2.75, 3.05) is 55.8 Å². The smallest absolute Gasteiger partial charge is 0.155 e. The van der Waals surface area contributed by atoms with Gasteiger partial charge in [-0.05, 0) is 20.8 Å². The first-order valence-corrected chi connectivity index (χ1v) is 7.38. The quantitative estimate of drug-likeness (QED) is 0.747. The summed E-state index contributed by atoms with van der Waals surface area (Å²) in [6, 6.07) is 0. The van der Waals surface area contributed by atoms with Gasteiger partial charge in [0.2, 0.25) is 0 Å². The van der Waals surface area contributed by atoms with Gasteiger partial charge in [0.05, 0.1) is 13.2 Å². The first-order chi connectivity index (χ1) is 9.96. The Balaban J connectivity index is 1.89. The highest BCUT2D eigenvalue weighted by atomic mass is 16.5. The molecule has 0 aromatic carbocycles. The third kappa shape index (κ3) is 5.02. The van der Waals surface area contributed by atoms with Gasteiger partial charge in [-0.3, -0.25) is 4.90 Å². The van der Waals surface area contributed by atoms with E-state index in [0.717, 1.165) is 39.4 Å². The number of nitrogens with one attached hydrogen (secondary N) is 2. The van der Waals surface area contributed by atoms with E-state index in [1.807, 2.05) is 0 Å². The molecule has 1 aromatic heterocycles. The summed E-state index contributed by atoms with van der Waals surface area (Å²) in [6.07, 6.45) is 1.53. The van der Waals surface area contributed by atoms with E-state index in [0.29, 0.717) is 17.3 Å². The average Bonchev–Trinajstić information content (AvgIpc) is 2.43. The molecule has 1 aromatic rings. The molecule has 0 radical (unpaired) electrons. The lowest BCUT2D eigenvalue weighted by molar-refractivity contribution is 0.0398. The van der Waals surface area contributed by atoms with E-state index in [1.54, 1.807) is 0 Å². The van der Waals surface area contributed by atoms with Gasteiger partial charge in [0.15, 0.2) is 11.6 Å². The maximum Gasteiger partial charge on any atom is 0.155 e. The van der Waals surface area contributed by atoms with Crippen molar-refractivity contribution in [1.82, 2.24) is 14.9 Å². The van der Waals surface area contributed by atoms with Crippen molar-refractivity contribution in [3.8, 4) is 0 Å². The fourth-order valence-corrected chi connectivity index (χ4v) is 2.15. The van der Waals surface area contributed by atoms with Gasteiger partial charge in [-0.2, -0.15) is 0 Å². The van der Waals surface area contributed by atoms with Crippen molar-refractivity contribution in [1.29, 1.82) is 0 Å². The van der Waals surface area contributed by atoms with Crippen molar-refractivity contribution in [2.45, 2.75) is 26.3 Å². The van der Waals surface area contributed by atoms with Gasteiger partial charge in [-0.1, -0.05) is 0 Å². The van der Waals surface area contributed by atoms with Crippen LogP contribution >= 0.6 is 0 Å². The Morgan fingerprint density at radius 2 is 1.90 bits per heavy atom. The largest absolute Gasteiger partial charge is 0.393 e. The summed E-state index contributed by atoms with van der Waals surface area (Å²) in [5.74, 6) is 1.36. The highest BCUT2D eigenvalue weighted by Gasteiger charge is 2.15. The SMILES string of the molecule is CC(C)(C)Nc1ncnc(NCCN2CCOCC2)c1N. The number of anilines is 3. The number of morpholine rings is 1. The van der Waals surface area contributed by atoms with Crippen molar-refractivity contribution in [3.63, 3.8) is 0 Å². The highest BCUT2D eigenvalue weighted by molar-refractivity contribution is 5.74. The van der Waals surface area contributed by atoms with Gasteiger partial charge in [-0.15, -0.1) is 0 Å². The first-order valence-electron chi connectivity index (χ1n) is 7.38. The van der Waals surface area contributed by atoms with Crippen LogP contribution in [-0.4, -0.2) is 59.8 Å². The van der Waals surface area contributed by atoms with Crippen LogP contribution in [0.25, 0.3) is 0 Å². The van der Waals surface area contributed by atoms with Crippen LogP contribution in [0.1, 0.15) is 20.8 Å². The zero-order valence-corrected chi connectivity index (χ0v) is 13.1. The van der Waals surface area contributed by atoms with E-state index in [1.165, 1.54) is 6.33 Å². The van der Waals surface area contributed by atoms with Crippen molar-refractivity contribution in [2.24, 2.45) is 0 Å². The Labute approximate surface area is 126 Å². The molecule has 0 amide bonds. The molecule has 0 atom stereocenters. The number of hydrogen-bond acceptors (Lipinski definition) is 7. The molecule has 2 heterocycles. The van der Waals surface area contributed by atoms with E-state index < -0.39 is 0 Å². The van der Waals surface area contributed by atoms with Crippen LogP contribution in [0, 0.1) is 0 Å². The van der Waals surface area contributed by atoms with Gasteiger partial charge in [0.25, 0.3) is 0 Å². The van der Waals surface area contributed by atoms with Gasteiger partial charge in [0.1, 0.15) is 12.0 Å². The minimum absolute atomic E-state index is 0.0897. The fourth-order valence-electron chi connectivity index (χ4n) is 2.15. The molecule has 0 bridgehead atoms. The van der Waals surface area contributed by atoms with Gasteiger partial charge >= 0.3 is 0 Å². The third-order valence-corrected chi connectivity index (χ3v) is 3.20.